The molecule has 3 heterocycles. The molecule has 33 heavy (non-hydrogen) atoms. The number of likely N-dealkylation sites (tertiary alicyclic amines) is 3. The Bertz CT molecular complexity index is 884. The Morgan fingerprint density at radius 2 is 1.45 bits per heavy atom. The number of rotatable bonds is 5. The van der Waals surface area contributed by atoms with Gasteiger partial charge >= 0.3 is 6.09 Å². The van der Waals surface area contributed by atoms with Crippen molar-refractivity contribution in [2.75, 3.05) is 26.2 Å². The summed E-state index contributed by atoms with van der Waals surface area (Å²) >= 11 is 0. The molecular formula is C24H32N4O5. The summed E-state index contributed by atoms with van der Waals surface area (Å²) in [5.74, 6) is -0.764. The molecule has 1 aromatic rings. The Hall–Kier alpha value is -3.10. The second-order valence-corrected chi connectivity index (χ2v) is 9.08. The van der Waals surface area contributed by atoms with Crippen LogP contribution < -0.4 is 5.73 Å². The topological polar surface area (TPSA) is 113 Å². The van der Waals surface area contributed by atoms with Crippen molar-refractivity contribution < 1.29 is 23.9 Å². The number of primary amides is 1. The van der Waals surface area contributed by atoms with Gasteiger partial charge in [-0.05, 0) is 44.1 Å². The van der Waals surface area contributed by atoms with Crippen LogP contribution in [-0.2, 0) is 25.7 Å². The van der Waals surface area contributed by atoms with Crippen LogP contribution in [0.1, 0.15) is 44.1 Å². The van der Waals surface area contributed by atoms with Crippen molar-refractivity contribution in [3.8, 4) is 0 Å². The molecule has 3 fully saturated rings. The molecule has 2 N–H and O–H groups in total. The minimum atomic E-state index is -0.515. The quantitative estimate of drug-likeness (QED) is 0.721. The number of benzene rings is 1. The summed E-state index contributed by atoms with van der Waals surface area (Å²) in [4.78, 5) is 55.3. The Balaban J connectivity index is 1.29. The zero-order valence-electron chi connectivity index (χ0n) is 18.9. The lowest BCUT2D eigenvalue weighted by Gasteiger charge is -2.36. The smallest absolute Gasteiger partial charge is 0.410 e. The first kappa shape index (κ1) is 23.1. The monoisotopic (exact) mass is 456 g/mol. The zero-order chi connectivity index (χ0) is 23.4. The number of amides is 4. The van der Waals surface area contributed by atoms with Crippen molar-refractivity contribution >= 4 is 23.8 Å². The van der Waals surface area contributed by atoms with E-state index in [1.165, 1.54) is 4.90 Å². The molecule has 0 bridgehead atoms. The minimum absolute atomic E-state index is 0.0321. The van der Waals surface area contributed by atoms with E-state index in [1.807, 2.05) is 30.3 Å². The first-order chi connectivity index (χ1) is 16.0. The number of nitrogens with zero attached hydrogens (tertiary/aromatic N) is 3. The molecule has 9 heteroatoms. The predicted octanol–water partition coefficient (Wildman–Crippen LogP) is 1.50. The maximum atomic E-state index is 13.2. The summed E-state index contributed by atoms with van der Waals surface area (Å²) in [5, 5.41) is 0. The van der Waals surface area contributed by atoms with E-state index in [4.69, 9.17) is 10.5 Å². The number of carbonyl (C=O) groups excluding carboxylic acids is 4. The molecule has 3 aliphatic rings. The molecule has 3 saturated heterocycles. The molecule has 0 aliphatic carbocycles. The second-order valence-electron chi connectivity index (χ2n) is 9.08. The van der Waals surface area contributed by atoms with Crippen LogP contribution in [0.2, 0.25) is 0 Å². The molecule has 0 spiro atoms. The van der Waals surface area contributed by atoms with Crippen molar-refractivity contribution in [2.24, 2.45) is 11.7 Å². The van der Waals surface area contributed by atoms with Gasteiger partial charge in [-0.2, -0.15) is 0 Å². The van der Waals surface area contributed by atoms with Gasteiger partial charge in [-0.15, -0.1) is 0 Å². The van der Waals surface area contributed by atoms with E-state index in [0.717, 1.165) is 18.4 Å². The molecule has 0 unspecified atom stereocenters. The van der Waals surface area contributed by atoms with E-state index >= 15 is 0 Å². The third kappa shape index (κ3) is 5.12. The highest BCUT2D eigenvalue weighted by Gasteiger charge is 2.41. The average Bonchev–Trinajstić information content (AvgIpc) is 3.53. The van der Waals surface area contributed by atoms with Gasteiger partial charge in [0.25, 0.3) is 0 Å². The lowest BCUT2D eigenvalue weighted by molar-refractivity contribution is -0.144. The molecule has 0 radical (unpaired) electrons. The first-order valence-corrected chi connectivity index (χ1v) is 11.8. The lowest BCUT2D eigenvalue weighted by Crippen LogP contribution is -2.52. The van der Waals surface area contributed by atoms with Crippen molar-refractivity contribution in [3.05, 3.63) is 35.9 Å². The van der Waals surface area contributed by atoms with Crippen LogP contribution in [0.5, 0.6) is 0 Å². The molecule has 1 aromatic carbocycles. The molecule has 0 aromatic heterocycles. The van der Waals surface area contributed by atoms with Gasteiger partial charge in [-0.1, -0.05) is 30.3 Å². The van der Waals surface area contributed by atoms with E-state index in [0.29, 0.717) is 51.9 Å². The zero-order valence-corrected chi connectivity index (χ0v) is 18.9. The normalized spacial score (nSPS) is 23.6. The minimum Gasteiger partial charge on any atom is -0.445 e. The van der Waals surface area contributed by atoms with E-state index in [-0.39, 0.29) is 24.3 Å². The van der Waals surface area contributed by atoms with E-state index in [1.54, 1.807) is 9.80 Å². The van der Waals surface area contributed by atoms with E-state index < -0.39 is 24.1 Å². The van der Waals surface area contributed by atoms with E-state index in [2.05, 4.69) is 0 Å². The second kappa shape index (κ2) is 10.2. The van der Waals surface area contributed by atoms with Crippen molar-refractivity contribution in [1.29, 1.82) is 0 Å². The largest absolute Gasteiger partial charge is 0.445 e. The molecule has 4 rings (SSSR count). The highest BCUT2D eigenvalue weighted by Crippen LogP contribution is 2.27. The van der Waals surface area contributed by atoms with Crippen LogP contribution in [0.4, 0.5) is 4.79 Å². The van der Waals surface area contributed by atoms with Gasteiger partial charge in [-0.25, -0.2) is 4.79 Å². The molecule has 9 nitrogen and oxygen atoms in total. The molecule has 4 amide bonds. The van der Waals surface area contributed by atoms with E-state index in [9.17, 15) is 19.2 Å². The average molecular weight is 457 g/mol. The van der Waals surface area contributed by atoms with Gasteiger partial charge in [0.1, 0.15) is 18.7 Å². The van der Waals surface area contributed by atoms with Crippen LogP contribution in [0.15, 0.2) is 30.3 Å². The number of carbonyl (C=O) groups is 4. The van der Waals surface area contributed by atoms with Crippen LogP contribution >= 0.6 is 0 Å². The Labute approximate surface area is 193 Å². The molecule has 2 atom stereocenters. The maximum absolute atomic E-state index is 13.2. The van der Waals surface area contributed by atoms with Gasteiger partial charge in [0, 0.05) is 32.1 Å². The number of hydrogen-bond donors (Lipinski definition) is 1. The van der Waals surface area contributed by atoms with Crippen molar-refractivity contribution in [3.63, 3.8) is 0 Å². The highest BCUT2D eigenvalue weighted by atomic mass is 16.6. The fourth-order valence-electron chi connectivity index (χ4n) is 5.16. The van der Waals surface area contributed by atoms with Crippen LogP contribution in [-0.4, -0.2) is 76.8 Å². The third-order valence-corrected chi connectivity index (χ3v) is 7.00. The van der Waals surface area contributed by atoms with Crippen LogP contribution in [0, 0.1) is 5.92 Å². The first-order valence-electron chi connectivity index (χ1n) is 11.8. The highest BCUT2D eigenvalue weighted by molar-refractivity contribution is 5.89. The predicted molar refractivity (Wildman–Crippen MR) is 120 cm³/mol. The molecule has 3 aliphatic heterocycles. The number of hydrogen-bond acceptors (Lipinski definition) is 5. The fourth-order valence-corrected chi connectivity index (χ4v) is 5.16. The maximum Gasteiger partial charge on any atom is 0.410 e. The summed E-state index contributed by atoms with van der Waals surface area (Å²) in [6, 6.07) is 8.43. The van der Waals surface area contributed by atoms with Crippen molar-refractivity contribution in [2.45, 2.75) is 57.2 Å². The molecule has 178 valence electrons. The van der Waals surface area contributed by atoms with Gasteiger partial charge < -0.3 is 20.3 Å². The summed E-state index contributed by atoms with van der Waals surface area (Å²) in [6.07, 6.45) is 3.42. The van der Waals surface area contributed by atoms with Gasteiger partial charge in [-0.3, -0.25) is 19.3 Å². The molecular weight excluding hydrogens is 424 g/mol. The third-order valence-electron chi connectivity index (χ3n) is 7.00. The van der Waals surface area contributed by atoms with Gasteiger partial charge in [0.2, 0.25) is 17.7 Å². The Morgan fingerprint density at radius 1 is 0.818 bits per heavy atom. The standard InChI is InChI=1S/C24H32N4O5/c25-21(29)19-8-4-12-27(19)22(30)18-10-14-26(15-11-18)23(31)20-9-5-13-28(20)24(32)33-16-17-6-2-1-3-7-17/h1-3,6-7,18-20H,4-5,8-16H2,(H2,25,29)/t19-,20-/m0/s1. The van der Waals surface area contributed by atoms with Crippen molar-refractivity contribution in [1.82, 2.24) is 14.7 Å². The van der Waals surface area contributed by atoms with Crippen LogP contribution in [0.25, 0.3) is 0 Å². The summed E-state index contributed by atoms with van der Waals surface area (Å²) < 4.78 is 5.44. The SMILES string of the molecule is NC(=O)[C@@H]1CCCN1C(=O)C1CCN(C(=O)[C@@H]2CCCN2C(=O)OCc2ccccc2)CC1. The number of piperidine rings is 1. The number of nitrogens with two attached hydrogens (primary N) is 1. The summed E-state index contributed by atoms with van der Waals surface area (Å²) in [5.41, 5.74) is 6.35. The summed E-state index contributed by atoms with van der Waals surface area (Å²) in [7, 11) is 0. The number of ether oxygens (including phenoxy) is 1. The molecule has 0 saturated carbocycles. The van der Waals surface area contributed by atoms with Gasteiger partial charge in [0.15, 0.2) is 0 Å². The lowest BCUT2D eigenvalue weighted by atomic mass is 9.94. The Kier molecular flexibility index (Phi) is 7.15. The Morgan fingerprint density at radius 3 is 2.12 bits per heavy atom. The summed E-state index contributed by atoms with van der Waals surface area (Å²) in [6.45, 7) is 2.17. The van der Waals surface area contributed by atoms with Crippen LogP contribution in [0.3, 0.4) is 0 Å². The fraction of sp³-hybridized carbons (Fsp3) is 0.583. The van der Waals surface area contributed by atoms with Gasteiger partial charge in [0.05, 0.1) is 0 Å².